The number of piperazine rings is 1. The second-order valence-electron chi connectivity index (χ2n) is 6.66. The number of anilines is 3. The van der Waals surface area contributed by atoms with Crippen LogP contribution in [0.15, 0.2) is 42.5 Å². The zero-order valence-electron chi connectivity index (χ0n) is 15.9. The molecule has 0 radical (unpaired) electrons. The van der Waals surface area contributed by atoms with Gasteiger partial charge in [0.25, 0.3) is 0 Å². The standard InChI is InChI=1S/C20H25ClN4O2/c1-23(2)16-6-4-15(5-7-16)22-20(26)25-12-10-24(11-13-25)17-8-9-19(27-3)18(21)14-17/h4-9,14H,10-13H2,1-3H3,(H,22,26). The molecule has 0 atom stereocenters. The molecule has 3 rings (SSSR count). The van der Waals surface area contributed by atoms with Crippen LogP contribution in [0.4, 0.5) is 21.9 Å². The zero-order chi connectivity index (χ0) is 19.4. The highest BCUT2D eigenvalue weighted by atomic mass is 35.5. The molecule has 0 aromatic heterocycles. The summed E-state index contributed by atoms with van der Waals surface area (Å²) in [5, 5.41) is 3.56. The van der Waals surface area contributed by atoms with E-state index < -0.39 is 0 Å². The first kappa shape index (κ1) is 19.2. The second-order valence-corrected chi connectivity index (χ2v) is 7.07. The summed E-state index contributed by atoms with van der Waals surface area (Å²) in [6.07, 6.45) is 0. The van der Waals surface area contributed by atoms with Gasteiger partial charge in [-0.1, -0.05) is 11.6 Å². The summed E-state index contributed by atoms with van der Waals surface area (Å²) in [7, 11) is 5.58. The van der Waals surface area contributed by atoms with Gasteiger partial charge in [0.15, 0.2) is 0 Å². The highest BCUT2D eigenvalue weighted by Crippen LogP contribution is 2.29. The van der Waals surface area contributed by atoms with Gasteiger partial charge >= 0.3 is 6.03 Å². The molecule has 1 aliphatic heterocycles. The number of urea groups is 1. The van der Waals surface area contributed by atoms with Crippen LogP contribution in [0.3, 0.4) is 0 Å². The molecule has 2 amide bonds. The van der Waals surface area contributed by atoms with Crippen LogP contribution in [0.2, 0.25) is 5.02 Å². The number of nitrogens with zero attached hydrogens (tertiary/aromatic N) is 3. The monoisotopic (exact) mass is 388 g/mol. The Labute approximate surface area is 165 Å². The van der Waals surface area contributed by atoms with Gasteiger partial charge < -0.3 is 24.8 Å². The van der Waals surface area contributed by atoms with Gasteiger partial charge in [-0.05, 0) is 42.5 Å². The Morgan fingerprint density at radius 2 is 1.74 bits per heavy atom. The summed E-state index contributed by atoms with van der Waals surface area (Å²) in [5.41, 5.74) is 2.94. The van der Waals surface area contributed by atoms with Crippen LogP contribution >= 0.6 is 11.6 Å². The Morgan fingerprint density at radius 1 is 1.07 bits per heavy atom. The Balaban J connectivity index is 1.55. The fraction of sp³-hybridized carbons (Fsp3) is 0.350. The molecule has 0 unspecified atom stereocenters. The van der Waals surface area contributed by atoms with Gasteiger partial charge in [0.2, 0.25) is 0 Å². The first-order valence-corrected chi connectivity index (χ1v) is 9.27. The maximum Gasteiger partial charge on any atom is 0.321 e. The lowest BCUT2D eigenvalue weighted by Crippen LogP contribution is -2.50. The zero-order valence-corrected chi connectivity index (χ0v) is 16.7. The van der Waals surface area contributed by atoms with E-state index in [4.69, 9.17) is 16.3 Å². The molecule has 0 aliphatic carbocycles. The SMILES string of the molecule is COc1ccc(N2CCN(C(=O)Nc3ccc(N(C)C)cc3)CC2)cc1Cl. The van der Waals surface area contributed by atoms with Crippen molar-refractivity contribution in [3.05, 3.63) is 47.5 Å². The minimum absolute atomic E-state index is 0.0694. The van der Waals surface area contributed by atoms with E-state index in [0.717, 1.165) is 30.2 Å². The highest BCUT2D eigenvalue weighted by molar-refractivity contribution is 6.32. The first-order chi connectivity index (χ1) is 13.0. The van der Waals surface area contributed by atoms with Gasteiger partial charge in [-0.25, -0.2) is 4.79 Å². The highest BCUT2D eigenvalue weighted by Gasteiger charge is 2.22. The molecule has 2 aromatic rings. The van der Waals surface area contributed by atoms with E-state index in [9.17, 15) is 4.79 Å². The predicted octanol–water partition coefficient (Wildman–Crippen LogP) is 3.77. The van der Waals surface area contributed by atoms with Gasteiger partial charge in [-0.15, -0.1) is 0 Å². The smallest absolute Gasteiger partial charge is 0.321 e. The molecule has 1 saturated heterocycles. The maximum atomic E-state index is 12.5. The molecule has 144 valence electrons. The Morgan fingerprint density at radius 3 is 2.30 bits per heavy atom. The number of rotatable bonds is 4. The predicted molar refractivity (Wildman–Crippen MR) is 112 cm³/mol. The van der Waals surface area contributed by atoms with Crippen LogP contribution in [0.25, 0.3) is 0 Å². The molecule has 0 spiro atoms. The Bertz CT molecular complexity index is 787. The molecule has 1 fully saturated rings. The van der Waals surface area contributed by atoms with E-state index in [-0.39, 0.29) is 6.03 Å². The van der Waals surface area contributed by atoms with E-state index in [1.54, 1.807) is 7.11 Å². The van der Waals surface area contributed by atoms with E-state index in [2.05, 4.69) is 10.2 Å². The van der Waals surface area contributed by atoms with Crippen LogP contribution in [0.1, 0.15) is 0 Å². The maximum absolute atomic E-state index is 12.5. The van der Waals surface area contributed by atoms with Crippen molar-refractivity contribution in [2.45, 2.75) is 0 Å². The van der Waals surface area contributed by atoms with Crippen LogP contribution in [0, 0.1) is 0 Å². The van der Waals surface area contributed by atoms with Crippen molar-refractivity contribution in [3.8, 4) is 5.75 Å². The minimum atomic E-state index is -0.0694. The lowest BCUT2D eigenvalue weighted by Gasteiger charge is -2.36. The Hall–Kier alpha value is -2.60. The fourth-order valence-electron chi connectivity index (χ4n) is 3.07. The van der Waals surface area contributed by atoms with Gasteiger partial charge in [-0.2, -0.15) is 0 Å². The lowest BCUT2D eigenvalue weighted by molar-refractivity contribution is 0.208. The van der Waals surface area contributed by atoms with Crippen molar-refractivity contribution in [1.82, 2.24) is 4.90 Å². The number of halogens is 1. The van der Waals surface area contributed by atoms with Gasteiger partial charge in [0.05, 0.1) is 12.1 Å². The van der Waals surface area contributed by atoms with Crippen molar-refractivity contribution in [1.29, 1.82) is 0 Å². The summed E-state index contributed by atoms with van der Waals surface area (Å²) >= 11 is 6.22. The van der Waals surface area contributed by atoms with Crippen LogP contribution < -0.4 is 19.9 Å². The molecule has 0 saturated carbocycles. The molecule has 6 nitrogen and oxygen atoms in total. The van der Waals surface area contributed by atoms with Crippen molar-refractivity contribution in [3.63, 3.8) is 0 Å². The van der Waals surface area contributed by atoms with Crippen molar-refractivity contribution in [2.75, 3.05) is 62.5 Å². The third kappa shape index (κ3) is 4.57. The lowest BCUT2D eigenvalue weighted by atomic mass is 10.2. The van der Waals surface area contributed by atoms with Gasteiger partial charge in [0.1, 0.15) is 5.75 Å². The van der Waals surface area contributed by atoms with E-state index in [0.29, 0.717) is 23.9 Å². The first-order valence-electron chi connectivity index (χ1n) is 8.90. The number of ether oxygens (including phenoxy) is 1. The largest absolute Gasteiger partial charge is 0.495 e. The molecule has 1 aliphatic rings. The number of methoxy groups -OCH3 is 1. The van der Waals surface area contributed by atoms with Crippen molar-refractivity contribution < 1.29 is 9.53 Å². The minimum Gasteiger partial charge on any atom is -0.495 e. The topological polar surface area (TPSA) is 48.1 Å². The van der Waals surface area contributed by atoms with E-state index >= 15 is 0 Å². The number of hydrogen-bond donors (Lipinski definition) is 1. The van der Waals surface area contributed by atoms with E-state index in [1.807, 2.05) is 66.4 Å². The number of carbonyl (C=O) groups is 1. The van der Waals surface area contributed by atoms with Crippen LogP contribution in [-0.2, 0) is 0 Å². The summed E-state index contributed by atoms with van der Waals surface area (Å²) in [5.74, 6) is 0.665. The molecule has 2 aromatic carbocycles. The van der Waals surface area contributed by atoms with Gasteiger partial charge in [-0.3, -0.25) is 0 Å². The quantitative estimate of drug-likeness (QED) is 0.866. The second kappa shape index (κ2) is 8.39. The molecular weight excluding hydrogens is 364 g/mol. The fourth-order valence-corrected chi connectivity index (χ4v) is 3.32. The number of nitrogens with one attached hydrogen (secondary N) is 1. The molecular formula is C20H25ClN4O2. The van der Waals surface area contributed by atoms with Gasteiger partial charge in [0, 0.05) is 57.3 Å². The van der Waals surface area contributed by atoms with Crippen molar-refractivity contribution in [2.24, 2.45) is 0 Å². The molecule has 1 heterocycles. The molecule has 7 heteroatoms. The number of amides is 2. The summed E-state index contributed by atoms with van der Waals surface area (Å²) in [6, 6.07) is 13.5. The summed E-state index contributed by atoms with van der Waals surface area (Å²) < 4.78 is 5.20. The normalized spacial score (nSPS) is 14.1. The summed E-state index contributed by atoms with van der Waals surface area (Å²) in [6.45, 7) is 2.84. The van der Waals surface area contributed by atoms with Crippen LogP contribution in [-0.4, -0.2) is 58.3 Å². The third-order valence-electron chi connectivity index (χ3n) is 4.70. The number of benzene rings is 2. The number of carbonyl (C=O) groups excluding carboxylic acids is 1. The molecule has 0 bridgehead atoms. The van der Waals surface area contributed by atoms with Crippen LogP contribution in [0.5, 0.6) is 5.75 Å². The Kier molecular flexibility index (Phi) is 5.96. The summed E-state index contributed by atoms with van der Waals surface area (Å²) in [4.78, 5) is 18.6. The molecule has 1 N–H and O–H groups in total. The average molecular weight is 389 g/mol. The van der Waals surface area contributed by atoms with E-state index in [1.165, 1.54) is 0 Å². The third-order valence-corrected chi connectivity index (χ3v) is 5.00. The van der Waals surface area contributed by atoms with Crippen molar-refractivity contribution >= 4 is 34.7 Å². The molecule has 27 heavy (non-hydrogen) atoms. The average Bonchev–Trinajstić information content (AvgIpc) is 2.68. The number of hydrogen-bond acceptors (Lipinski definition) is 4.